The summed E-state index contributed by atoms with van der Waals surface area (Å²) in [6.07, 6.45) is 2.61. The predicted octanol–water partition coefficient (Wildman–Crippen LogP) is 3.73. The normalized spacial score (nSPS) is 13.4. The monoisotopic (exact) mass is 340 g/mol. The summed E-state index contributed by atoms with van der Waals surface area (Å²) in [5.74, 6) is 0.916. The van der Waals surface area contributed by atoms with Gasteiger partial charge in [-0.25, -0.2) is 0 Å². The van der Waals surface area contributed by atoms with Gasteiger partial charge in [0.25, 0.3) is 5.69 Å². The molecule has 1 amide bonds. The SMILES string of the molecule is O=C1CCc2cc([N+](=O)[O-])ccc2N1CCCCOc1ccccc1. The van der Waals surface area contributed by atoms with Crippen molar-refractivity contribution in [3.8, 4) is 5.75 Å². The molecule has 1 heterocycles. The average Bonchev–Trinajstić information content (AvgIpc) is 2.63. The van der Waals surface area contributed by atoms with Crippen LogP contribution in [-0.2, 0) is 11.2 Å². The molecule has 0 spiro atoms. The molecule has 0 aliphatic carbocycles. The van der Waals surface area contributed by atoms with E-state index in [2.05, 4.69) is 0 Å². The number of hydrogen-bond acceptors (Lipinski definition) is 4. The molecule has 0 radical (unpaired) electrons. The minimum atomic E-state index is -0.401. The Balaban J connectivity index is 1.55. The molecule has 1 aliphatic heterocycles. The van der Waals surface area contributed by atoms with Gasteiger partial charge in [0, 0.05) is 30.8 Å². The number of anilines is 1. The molecule has 3 rings (SSSR count). The number of para-hydroxylation sites is 1. The second-order valence-corrected chi connectivity index (χ2v) is 5.98. The third-order valence-corrected chi connectivity index (χ3v) is 4.26. The number of ether oxygens (including phenoxy) is 1. The largest absolute Gasteiger partial charge is 0.494 e. The Labute approximate surface area is 146 Å². The lowest BCUT2D eigenvalue weighted by Crippen LogP contribution is -2.36. The van der Waals surface area contributed by atoms with Crippen LogP contribution in [0.15, 0.2) is 48.5 Å². The summed E-state index contributed by atoms with van der Waals surface area (Å²) >= 11 is 0. The Bertz CT molecular complexity index is 761. The van der Waals surface area contributed by atoms with Gasteiger partial charge < -0.3 is 9.64 Å². The van der Waals surface area contributed by atoms with Gasteiger partial charge in [0.05, 0.1) is 11.5 Å². The van der Waals surface area contributed by atoms with Crippen molar-refractivity contribution in [3.05, 3.63) is 64.2 Å². The van der Waals surface area contributed by atoms with E-state index in [4.69, 9.17) is 4.74 Å². The van der Waals surface area contributed by atoms with Crippen LogP contribution in [0, 0.1) is 10.1 Å². The molecule has 1 aliphatic rings. The lowest BCUT2D eigenvalue weighted by molar-refractivity contribution is -0.384. The van der Waals surface area contributed by atoms with Crippen molar-refractivity contribution in [2.75, 3.05) is 18.1 Å². The van der Waals surface area contributed by atoms with Crippen LogP contribution < -0.4 is 9.64 Å². The highest BCUT2D eigenvalue weighted by Gasteiger charge is 2.25. The lowest BCUT2D eigenvalue weighted by atomic mass is 10.00. The zero-order valence-electron chi connectivity index (χ0n) is 13.9. The lowest BCUT2D eigenvalue weighted by Gasteiger charge is -2.29. The van der Waals surface area contributed by atoms with Crippen molar-refractivity contribution < 1.29 is 14.5 Å². The van der Waals surface area contributed by atoms with Crippen molar-refractivity contribution in [1.82, 2.24) is 0 Å². The number of nitro benzene ring substituents is 1. The third-order valence-electron chi connectivity index (χ3n) is 4.26. The molecular weight excluding hydrogens is 320 g/mol. The number of fused-ring (bicyclic) bond motifs is 1. The Morgan fingerprint density at radius 2 is 1.88 bits per heavy atom. The molecule has 0 atom stereocenters. The summed E-state index contributed by atoms with van der Waals surface area (Å²) in [5, 5.41) is 10.9. The van der Waals surface area contributed by atoms with E-state index in [1.165, 1.54) is 6.07 Å². The van der Waals surface area contributed by atoms with E-state index in [-0.39, 0.29) is 11.6 Å². The first-order valence-corrected chi connectivity index (χ1v) is 8.40. The van der Waals surface area contributed by atoms with E-state index in [9.17, 15) is 14.9 Å². The number of non-ortho nitro benzene ring substituents is 1. The molecule has 130 valence electrons. The van der Waals surface area contributed by atoms with Gasteiger partial charge in [-0.15, -0.1) is 0 Å². The van der Waals surface area contributed by atoms with Crippen molar-refractivity contribution in [2.24, 2.45) is 0 Å². The van der Waals surface area contributed by atoms with Gasteiger partial charge in [0.1, 0.15) is 5.75 Å². The maximum absolute atomic E-state index is 12.2. The first-order valence-electron chi connectivity index (χ1n) is 8.40. The molecule has 0 unspecified atom stereocenters. The third kappa shape index (κ3) is 4.15. The summed E-state index contributed by atoms with van der Waals surface area (Å²) in [7, 11) is 0. The van der Waals surface area contributed by atoms with Crippen LogP contribution in [0.3, 0.4) is 0 Å². The number of nitrogens with zero attached hydrogens (tertiary/aromatic N) is 2. The Morgan fingerprint density at radius 1 is 1.08 bits per heavy atom. The van der Waals surface area contributed by atoms with E-state index in [1.807, 2.05) is 30.3 Å². The Hall–Kier alpha value is -2.89. The fourth-order valence-electron chi connectivity index (χ4n) is 2.98. The smallest absolute Gasteiger partial charge is 0.269 e. The van der Waals surface area contributed by atoms with Crippen LogP contribution in [0.2, 0.25) is 0 Å². The molecule has 0 saturated carbocycles. The van der Waals surface area contributed by atoms with E-state index >= 15 is 0 Å². The van der Waals surface area contributed by atoms with Crippen LogP contribution in [0.4, 0.5) is 11.4 Å². The fourth-order valence-corrected chi connectivity index (χ4v) is 2.98. The molecule has 6 heteroatoms. The number of carbonyl (C=O) groups is 1. The standard InChI is InChI=1S/C19H20N2O4/c22-19-11-8-15-14-16(21(23)24)9-10-18(15)20(19)12-4-5-13-25-17-6-2-1-3-7-17/h1-3,6-7,9-10,14H,4-5,8,11-13H2. The van der Waals surface area contributed by atoms with Crippen molar-refractivity contribution in [1.29, 1.82) is 0 Å². The zero-order chi connectivity index (χ0) is 17.6. The second kappa shape index (κ2) is 7.79. The van der Waals surface area contributed by atoms with Crippen molar-refractivity contribution in [3.63, 3.8) is 0 Å². The summed E-state index contributed by atoms with van der Waals surface area (Å²) in [5.41, 5.74) is 1.74. The summed E-state index contributed by atoms with van der Waals surface area (Å²) < 4.78 is 5.66. The number of benzene rings is 2. The Morgan fingerprint density at radius 3 is 2.64 bits per heavy atom. The van der Waals surface area contributed by atoms with Crippen molar-refractivity contribution in [2.45, 2.75) is 25.7 Å². The number of hydrogen-bond donors (Lipinski definition) is 0. The van der Waals surface area contributed by atoms with Gasteiger partial charge in [-0.1, -0.05) is 18.2 Å². The number of amides is 1. The highest BCUT2D eigenvalue weighted by atomic mass is 16.6. The number of aryl methyl sites for hydroxylation is 1. The highest BCUT2D eigenvalue weighted by molar-refractivity contribution is 5.96. The molecule has 0 saturated heterocycles. The summed E-state index contributed by atoms with van der Waals surface area (Å²) in [6.45, 7) is 1.20. The molecule has 0 aromatic heterocycles. The number of unbranched alkanes of at least 4 members (excludes halogenated alkanes) is 1. The molecule has 0 N–H and O–H groups in total. The van der Waals surface area contributed by atoms with E-state index in [0.29, 0.717) is 26.0 Å². The fraction of sp³-hybridized carbons (Fsp3) is 0.316. The molecule has 2 aromatic rings. The van der Waals surface area contributed by atoms with Gasteiger partial charge >= 0.3 is 0 Å². The quantitative estimate of drug-likeness (QED) is 0.437. The zero-order valence-corrected chi connectivity index (χ0v) is 13.9. The maximum Gasteiger partial charge on any atom is 0.269 e. The first-order chi connectivity index (χ1) is 12.1. The van der Waals surface area contributed by atoms with Gasteiger partial charge in [-0.05, 0) is 43.0 Å². The highest BCUT2D eigenvalue weighted by Crippen LogP contribution is 2.31. The second-order valence-electron chi connectivity index (χ2n) is 5.98. The predicted molar refractivity (Wildman–Crippen MR) is 94.9 cm³/mol. The van der Waals surface area contributed by atoms with Gasteiger partial charge in [0.15, 0.2) is 0 Å². The van der Waals surface area contributed by atoms with Crippen LogP contribution in [0.25, 0.3) is 0 Å². The molecule has 6 nitrogen and oxygen atoms in total. The minimum absolute atomic E-state index is 0.0734. The van der Waals surface area contributed by atoms with Crippen LogP contribution >= 0.6 is 0 Å². The van der Waals surface area contributed by atoms with Crippen molar-refractivity contribution >= 4 is 17.3 Å². The molecule has 2 aromatic carbocycles. The number of rotatable bonds is 7. The average molecular weight is 340 g/mol. The van der Waals surface area contributed by atoms with Crippen LogP contribution in [0.5, 0.6) is 5.75 Å². The number of nitro groups is 1. The molecule has 0 bridgehead atoms. The minimum Gasteiger partial charge on any atom is -0.494 e. The summed E-state index contributed by atoms with van der Waals surface area (Å²) in [4.78, 5) is 24.5. The first kappa shape index (κ1) is 17.0. The van der Waals surface area contributed by atoms with E-state index < -0.39 is 4.92 Å². The topological polar surface area (TPSA) is 72.7 Å². The van der Waals surface area contributed by atoms with Gasteiger partial charge in [0.2, 0.25) is 5.91 Å². The van der Waals surface area contributed by atoms with Crippen LogP contribution in [0.1, 0.15) is 24.8 Å². The van der Waals surface area contributed by atoms with E-state index in [0.717, 1.165) is 29.8 Å². The number of carbonyl (C=O) groups excluding carboxylic acids is 1. The van der Waals surface area contributed by atoms with Gasteiger partial charge in [-0.2, -0.15) is 0 Å². The maximum atomic E-state index is 12.2. The van der Waals surface area contributed by atoms with Crippen LogP contribution in [-0.4, -0.2) is 24.0 Å². The van der Waals surface area contributed by atoms with E-state index in [1.54, 1.807) is 17.0 Å². The summed E-state index contributed by atoms with van der Waals surface area (Å²) in [6, 6.07) is 14.3. The molecule has 25 heavy (non-hydrogen) atoms. The molecule has 0 fully saturated rings. The Kier molecular flexibility index (Phi) is 5.28. The van der Waals surface area contributed by atoms with Gasteiger partial charge in [-0.3, -0.25) is 14.9 Å². The molecular formula is C19H20N2O4.